The molecule has 1 saturated heterocycles. The standard InChI is InChI=1S/C11H12ClN3O/c12-7-1-2-13-11(3-7)15-5-9-8(4-14-16)10(9)6-15/h1-4,8-10,16H,5-6H2/b14-4+/t8?,9-,10+. The summed E-state index contributed by atoms with van der Waals surface area (Å²) in [5.74, 6) is 2.65. The summed E-state index contributed by atoms with van der Waals surface area (Å²) < 4.78 is 0. The van der Waals surface area contributed by atoms with Crippen molar-refractivity contribution in [3.05, 3.63) is 23.4 Å². The summed E-state index contributed by atoms with van der Waals surface area (Å²) in [5.41, 5.74) is 0. The van der Waals surface area contributed by atoms with Crippen LogP contribution in [0.25, 0.3) is 0 Å². The Morgan fingerprint density at radius 1 is 1.50 bits per heavy atom. The van der Waals surface area contributed by atoms with E-state index < -0.39 is 0 Å². The van der Waals surface area contributed by atoms with Crippen molar-refractivity contribution < 1.29 is 5.21 Å². The maximum Gasteiger partial charge on any atom is 0.129 e. The number of pyridine rings is 1. The number of anilines is 1. The Bertz CT molecular complexity index is 425. The molecule has 2 aliphatic rings. The van der Waals surface area contributed by atoms with Gasteiger partial charge in [-0.05, 0) is 24.0 Å². The quantitative estimate of drug-likeness (QED) is 0.485. The van der Waals surface area contributed by atoms with Gasteiger partial charge in [-0.15, -0.1) is 5.16 Å². The zero-order chi connectivity index (χ0) is 11.1. The molecule has 3 rings (SSSR count). The van der Waals surface area contributed by atoms with Gasteiger partial charge in [0.25, 0.3) is 0 Å². The van der Waals surface area contributed by atoms with Crippen LogP contribution in [-0.4, -0.2) is 29.5 Å². The van der Waals surface area contributed by atoms with E-state index in [4.69, 9.17) is 16.8 Å². The van der Waals surface area contributed by atoms with Crippen molar-refractivity contribution in [1.29, 1.82) is 0 Å². The van der Waals surface area contributed by atoms with Gasteiger partial charge in [0.2, 0.25) is 0 Å². The Morgan fingerprint density at radius 3 is 2.88 bits per heavy atom. The third kappa shape index (κ3) is 1.53. The van der Waals surface area contributed by atoms with Crippen molar-refractivity contribution in [3.63, 3.8) is 0 Å². The van der Waals surface area contributed by atoms with E-state index in [1.165, 1.54) is 0 Å². The molecule has 0 amide bonds. The summed E-state index contributed by atoms with van der Waals surface area (Å²) >= 11 is 5.93. The molecule has 5 heteroatoms. The van der Waals surface area contributed by atoms with Crippen LogP contribution in [-0.2, 0) is 0 Å². The predicted octanol–water partition coefficient (Wildman–Crippen LogP) is 1.88. The molecule has 16 heavy (non-hydrogen) atoms. The molecule has 1 saturated carbocycles. The summed E-state index contributed by atoms with van der Waals surface area (Å²) in [6.45, 7) is 1.96. The highest BCUT2D eigenvalue weighted by atomic mass is 35.5. The molecule has 1 aromatic heterocycles. The third-order valence-electron chi connectivity index (χ3n) is 3.53. The lowest BCUT2D eigenvalue weighted by Crippen LogP contribution is -2.25. The normalized spacial score (nSPS) is 32.1. The van der Waals surface area contributed by atoms with Crippen LogP contribution in [0.3, 0.4) is 0 Å². The van der Waals surface area contributed by atoms with E-state index in [2.05, 4.69) is 15.0 Å². The van der Waals surface area contributed by atoms with Crippen molar-refractivity contribution in [2.75, 3.05) is 18.0 Å². The lowest BCUT2D eigenvalue weighted by molar-refractivity contribution is 0.319. The van der Waals surface area contributed by atoms with Gasteiger partial charge in [0.15, 0.2) is 0 Å². The number of aromatic nitrogens is 1. The minimum atomic E-state index is 0.459. The highest BCUT2D eigenvalue weighted by Gasteiger charge is 2.55. The van der Waals surface area contributed by atoms with Crippen molar-refractivity contribution in [1.82, 2.24) is 4.98 Å². The minimum absolute atomic E-state index is 0.459. The predicted molar refractivity (Wildman–Crippen MR) is 62.2 cm³/mol. The zero-order valence-electron chi connectivity index (χ0n) is 8.62. The second-order valence-corrected chi connectivity index (χ2v) is 4.84. The summed E-state index contributed by atoms with van der Waals surface area (Å²) in [5, 5.41) is 12.3. The third-order valence-corrected chi connectivity index (χ3v) is 3.77. The molecule has 0 aromatic carbocycles. The van der Waals surface area contributed by atoms with Crippen molar-refractivity contribution >= 4 is 23.6 Å². The number of piperidine rings is 1. The average molecular weight is 238 g/mol. The van der Waals surface area contributed by atoms with Gasteiger partial charge in [-0.2, -0.15) is 0 Å². The van der Waals surface area contributed by atoms with Crippen LogP contribution < -0.4 is 4.90 Å². The summed E-state index contributed by atoms with van der Waals surface area (Å²) in [4.78, 5) is 6.55. The van der Waals surface area contributed by atoms with E-state index in [1.54, 1.807) is 18.5 Å². The van der Waals surface area contributed by atoms with E-state index in [0.717, 1.165) is 23.9 Å². The Balaban J connectivity index is 1.69. The number of hydrogen-bond donors (Lipinski definition) is 1. The van der Waals surface area contributed by atoms with Gasteiger partial charge < -0.3 is 10.1 Å². The van der Waals surface area contributed by atoms with Crippen LogP contribution in [0.4, 0.5) is 5.82 Å². The molecule has 1 N–H and O–H groups in total. The molecule has 84 valence electrons. The number of oxime groups is 1. The molecule has 1 aromatic rings. The first-order valence-electron chi connectivity index (χ1n) is 5.33. The van der Waals surface area contributed by atoms with E-state index in [9.17, 15) is 0 Å². The second kappa shape index (κ2) is 3.63. The Labute approximate surface area is 98.5 Å². The molecule has 2 fully saturated rings. The van der Waals surface area contributed by atoms with Crippen LogP contribution in [0.2, 0.25) is 5.02 Å². The van der Waals surface area contributed by atoms with Crippen molar-refractivity contribution in [2.24, 2.45) is 22.9 Å². The van der Waals surface area contributed by atoms with Gasteiger partial charge in [0, 0.05) is 36.4 Å². The average Bonchev–Trinajstić information content (AvgIpc) is 2.75. The Morgan fingerprint density at radius 2 is 2.25 bits per heavy atom. The molecule has 4 nitrogen and oxygen atoms in total. The SMILES string of the molecule is O/N=C/C1[C@H]2CN(c3cc(Cl)ccn3)C[C@@H]12. The van der Waals surface area contributed by atoms with Gasteiger partial charge in [0.05, 0.1) is 0 Å². The lowest BCUT2D eigenvalue weighted by atomic mass is 10.3. The molecule has 0 radical (unpaired) electrons. The Kier molecular flexibility index (Phi) is 2.24. The molecular weight excluding hydrogens is 226 g/mol. The maximum atomic E-state index is 8.48. The summed E-state index contributed by atoms with van der Waals surface area (Å²) in [6.07, 6.45) is 3.38. The topological polar surface area (TPSA) is 48.7 Å². The molecule has 2 heterocycles. The van der Waals surface area contributed by atoms with Crippen LogP contribution in [0.1, 0.15) is 0 Å². The summed E-state index contributed by atoms with van der Waals surface area (Å²) in [6, 6.07) is 3.67. The molecule has 1 aliphatic heterocycles. The lowest BCUT2D eigenvalue weighted by Gasteiger charge is -2.19. The van der Waals surface area contributed by atoms with E-state index >= 15 is 0 Å². The van der Waals surface area contributed by atoms with E-state index in [1.807, 2.05) is 6.07 Å². The van der Waals surface area contributed by atoms with Crippen LogP contribution >= 0.6 is 11.6 Å². The van der Waals surface area contributed by atoms with Crippen LogP contribution in [0.15, 0.2) is 23.5 Å². The first kappa shape index (κ1) is 9.90. The fraction of sp³-hybridized carbons (Fsp3) is 0.455. The zero-order valence-corrected chi connectivity index (χ0v) is 9.38. The number of nitrogens with zero attached hydrogens (tertiary/aromatic N) is 3. The van der Waals surface area contributed by atoms with E-state index in [-0.39, 0.29) is 0 Å². The van der Waals surface area contributed by atoms with Crippen molar-refractivity contribution in [2.45, 2.75) is 0 Å². The number of hydrogen-bond acceptors (Lipinski definition) is 4. The molecule has 1 aliphatic carbocycles. The van der Waals surface area contributed by atoms with Gasteiger partial charge >= 0.3 is 0 Å². The first-order chi connectivity index (χ1) is 7.79. The fourth-order valence-corrected chi connectivity index (χ4v) is 2.78. The number of rotatable bonds is 2. The van der Waals surface area contributed by atoms with E-state index in [0.29, 0.717) is 17.8 Å². The highest BCUT2D eigenvalue weighted by Crippen LogP contribution is 2.51. The molecule has 0 bridgehead atoms. The van der Waals surface area contributed by atoms with Gasteiger partial charge in [-0.3, -0.25) is 0 Å². The molecule has 0 spiro atoms. The monoisotopic (exact) mass is 237 g/mol. The fourth-order valence-electron chi connectivity index (χ4n) is 2.62. The molecule has 1 unspecified atom stereocenters. The number of halogens is 1. The smallest absolute Gasteiger partial charge is 0.129 e. The first-order valence-corrected chi connectivity index (χ1v) is 5.71. The van der Waals surface area contributed by atoms with Gasteiger partial charge in [-0.1, -0.05) is 11.6 Å². The second-order valence-electron chi connectivity index (χ2n) is 4.41. The molecular formula is C11H12ClN3O. The maximum absolute atomic E-state index is 8.48. The van der Waals surface area contributed by atoms with Gasteiger partial charge in [-0.25, -0.2) is 4.98 Å². The largest absolute Gasteiger partial charge is 0.411 e. The van der Waals surface area contributed by atoms with Gasteiger partial charge in [0.1, 0.15) is 5.82 Å². The summed E-state index contributed by atoms with van der Waals surface area (Å²) in [7, 11) is 0. The Hall–Kier alpha value is -1.29. The van der Waals surface area contributed by atoms with Crippen LogP contribution in [0, 0.1) is 17.8 Å². The van der Waals surface area contributed by atoms with Crippen molar-refractivity contribution in [3.8, 4) is 0 Å². The number of fused-ring (bicyclic) bond motifs is 1. The highest BCUT2D eigenvalue weighted by molar-refractivity contribution is 6.30. The van der Waals surface area contributed by atoms with Crippen LogP contribution in [0.5, 0.6) is 0 Å². The molecule has 3 atom stereocenters. The minimum Gasteiger partial charge on any atom is -0.411 e.